The van der Waals surface area contributed by atoms with Crippen molar-refractivity contribution in [1.82, 2.24) is 4.98 Å². The number of ether oxygens (including phenoxy) is 2. The summed E-state index contributed by atoms with van der Waals surface area (Å²) in [6, 6.07) is 5.70. The van der Waals surface area contributed by atoms with E-state index in [2.05, 4.69) is 41.6 Å². The Balaban J connectivity index is 2.23. The minimum absolute atomic E-state index is 0.126. The lowest BCUT2D eigenvalue weighted by Gasteiger charge is -2.12. The number of nitrogens with zero attached hydrogens (tertiary/aromatic N) is 1. The molecule has 1 aromatic heterocycles. The van der Waals surface area contributed by atoms with Crippen molar-refractivity contribution >= 4 is 31.9 Å². The van der Waals surface area contributed by atoms with Crippen molar-refractivity contribution in [2.45, 2.75) is 13.3 Å². The second kappa shape index (κ2) is 6.23. The molecule has 0 bridgehead atoms. The first kappa shape index (κ1) is 16.1. The topological polar surface area (TPSA) is 31.4 Å². The summed E-state index contributed by atoms with van der Waals surface area (Å²) in [6.07, 6.45) is -3.17. The van der Waals surface area contributed by atoms with E-state index in [1.807, 2.05) is 6.92 Å². The van der Waals surface area contributed by atoms with Gasteiger partial charge in [0, 0.05) is 6.20 Å². The van der Waals surface area contributed by atoms with Gasteiger partial charge < -0.3 is 9.47 Å². The first-order valence-electron chi connectivity index (χ1n) is 5.60. The molecule has 3 nitrogen and oxygen atoms in total. The lowest BCUT2D eigenvalue weighted by atomic mass is 10.3. The van der Waals surface area contributed by atoms with Gasteiger partial charge in [-0.05, 0) is 68.6 Å². The van der Waals surface area contributed by atoms with Gasteiger partial charge in [0.15, 0.2) is 0 Å². The molecule has 2 rings (SSSR count). The smallest absolute Gasteiger partial charge is 0.438 e. The number of aromatic nitrogens is 1. The maximum Gasteiger partial charge on any atom is 0.573 e. The maximum absolute atomic E-state index is 12.2. The molecule has 0 radical (unpaired) electrons. The number of halogens is 5. The molecule has 0 amide bonds. The summed E-state index contributed by atoms with van der Waals surface area (Å²) in [6.45, 7) is 1.87. The molecule has 8 heteroatoms. The molecule has 0 N–H and O–H groups in total. The van der Waals surface area contributed by atoms with Crippen LogP contribution < -0.4 is 9.47 Å². The van der Waals surface area contributed by atoms with E-state index >= 15 is 0 Å². The quantitative estimate of drug-likeness (QED) is 0.639. The van der Waals surface area contributed by atoms with Gasteiger partial charge in [0.25, 0.3) is 0 Å². The molecule has 0 unspecified atom stereocenters. The highest BCUT2D eigenvalue weighted by atomic mass is 79.9. The monoisotopic (exact) mass is 425 g/mol. The van der Waals surface area contributed by atoms with Crippen LogP contribution in [0.2, 0.25) is 0 Å². The van der Waals surface area contributed by atoms with Crippen molar-refractivity contribution in [2.75, 3.05) is 0 Å². The van der Waals surface area contributed by atoms with E-state index in [4.69, 9.17) is 4.74 Å². The molecule has 0 aliphatic carbocycles. The molecule has 0 fully saturated rings. The van der Waals surface area contributed by atoms with Crippen LogP contribution in [0.4, 0.5) is 13.2 Å². The summed E-state index contributed by atoms with van der Waals surface area (Å²) in [5.74, 6) is 0.313. The molecule has 21 heavy (non-hydrogen) atoms. The summed E-state index contributed by atoms with van der Waals surface area (Å²) >= 11 is 6.35. The molecular weight excluding hydrogens is 419 g/mol. The number of aryl methyl sites for hydroxylation is 1. The Bertz CT molecular complexity index is 662. The van der Waals surface area contributed by atoms with E-state index in [-0.39, 0.29) is 10.2 Å². The molecule has 1 aromatic carbocycles. The van der Waals surface area contributed by atoms with E-state index in [1.165, 1.54) is 12.1 Å². The third-order valence-electron chi connectivity index (χ3n) is 2.39. The molecule has 0 aliphatic heterocycles. The Morgan fingerprint density at radius 2 is 1.86 bits per heavy atom. The SMILES string of the molecule is Cc1ccnc(Oc2ccc(OC(F)(F)F)c(Br)c2)c1Br. The second-order valence-electron chi connectivity index (χ2n) is 3.99. The molecule has 2 aromatic rings. The van der Waals surface area contributed by atoms with E-state index in [9.17, 15) is 13.2 Å². The van der Waals surface area contributed by atoms with Crippen LogP contribution in [0.5, 0.6) is 17.4 Å². The van der Waals surface area contributed by atoms with E-state index in [0.717, 1.165) is 11.6 Å². The largest absolute Gasteiger partial charge is 0.573 e. The fraction of sp³-hybridized carbons (Fsp3) is 0.154. The van der Waals surface area contributed by atoms with Gasteiger partial charge in [-0.25, -0.2) is 4.98 Å². The normalized spacial score (nSPS) is 11.3. The molecule has 0 spiro atoms. The molecule has 0 atom stereocenters. The minimum Gasteiger partial charge on any atom is -0.438 e. The van der Waals surface area contributed by atoms with Crippen LogP contribution in [0.15, 0.2) is 39.4 Å². The fourth-order valence-electron chi connectivity index (χ4n) is 1.45. The van der Waals surface area contributed by atoms with Crippen LogP contribution >= 0.6 is 31.9 Å². The number of pyridine rings is 1. The zero-order valence-electron chi connectivity index (χ0n) is 10.5. The molecular formula is C13H8Br2F3NO2. The van der Waals surface area contributed by atoms with Crippen molar-refractivity contribution in [2.24, 2.45) is 0 Å². The maximum atomic E-state index is 12.2. The Kier molecular flexibility index (Phi) is 4.77. The third-order valence-corrected chi connectivity index (χ3v) is 3.98. The average Bonchev–Trinajstić information content (AvgIpc) is 2.37. The van der Waals surface area contributed by atoms with Gasteiger partial charge in [0.1, 0.15) is 11.5 Å². The van der Waals surface area contributed by atoms with Gasteiger partial charge in [-0.1, -0.05) is 0 Å². The summed E-state index contributed by atoms with van der Waals surface area (Å²) in [7, 11) is 0. The van der Waals surface area contributed by atoms with Crippen molar-refractivity contribution in [1.29, 1.82) is 0 Å². The number of benzene rings is 1. The van der Waals surface area contributed by atoms with Gasteiger partial charge in [0.05, 0.1) is 8.95 Å². The van der Waals surface area contributed by atoms with Gasteiger partial charge in [-0.2, -0.15) is 0 Å². The molecule has 0 saturated heterocycles. The third kappa shape index (κ3) is 4.34. The average molecular weight is 427 g/mol. The highest BCUT2D eigenvalue weighted by molar-refractivity contribution is 9.11. The number of rotatable bonds is 3. The molecule has 112 valence electrons. The Morgan fingerprint density at radius 3 is 2.48 bits per heavy atom. The highest BCUT2D eigenvalue weighted by Gasteiger charge is 2.32. The van der Waals surface area contributed by atoms with Gasteiger partial charge in [0.2, 0.25) is 5.88 Å². The minimum atomic E-state index is -4.74. The Labute approximate surface area is 135 Å². The van der Waals surface area contributed by atoms with Crippen LogP contribution in [0.1, 0.15) is 5.56 Å². The van der Waals surface area contributed by atoms with Crippen LogP contribution in [0.25, 0.3) is 0 Å². The van der Waals surface area contributed by atoms with Crippen LogP contribution in [0.3, 0.4) is 0 Å². The highest BCUT2D eigenvalue weighted by Crippen LogP contribution is 2.36. The lowest BCUT2D eigenvalue weighted by Crippen LogP contribution is -2.17. The van der Waals surface area contributed by atoms with Gasteiger partial charge in [-0.3, -0.25) is 0 Å². The number of hydrogen-bond donors (Lipinski definition) is 0. The summed E-state index contributed by atoms with van der Waals surface area (Å²) in [5.41, 5.74) is 0.927. The molecule has 0 saturated carbocycles. The first-order valence-corrected chi connectivity index (χ1v) is 7.19. The molecule has 0 aliphatic rings. The fourth-order valence-corrected chi connectivity index (χ4v) is 2.20. The van der Waals surface area contributed by atoms with E-state index in [1.54, 1.807) is 12.3 Å². The molecule has 1 heterocycles. The zero-order valence-corrected chi connectivity index (χ0v) is 13.7. The van der Waals surface area contributed by atoms with Crippen LogP contribution in [-0.4, -0.2) is 11.3 Å². The lowest BCUT2D eigenvalue weighted by molar-refractivity contribution is -0.274. The first-order chi connectivity index (χ1) is 9.76. The van der Waals surface area contributed by atoms with E-state index in [0.29, 0.717) is 16.1 Å². The zero-order chi connectivity index (χ0) is 15.6. The summed E-state index contributed by atoms with van der Waals surface area (Å²) < 4.78 is 46.7. The van der Waals surface area contributed by atoms with Crippen molar-refractivity contribution in [3.63, 3.8) is 0 Å². The Hall–Kier alpha value is -1.28. The van der Waals surface area contributed by atoms with Crippen LogP contribution in [0, 0.1) is 6.92 Å². The standard InChI is InChI=1S/C13H8Br2F3NO2/c1-7-4-5-19-12(11(7)15)20-8-2-3-10(9(14)6-8)21-13(16,17)18/h2-6H,1H3. The van der Waals surface area contributed by atoms with Crippen molar-refractivity contribution in [3.05, 3.63) is 45.0 Å². The summed E-state index contributed by atoms with van der Waals surface area (Å²) in [5, 5.41) is 0. The number of hydrogen-bond acceptors (Lipinski definition) is 3. The predicted molar refractivity (Wildman–Crippen MR) is 77.6 cm³/mol. The van der Waals surface area contributed by atoms with Crippen LogP contribution in [-0.2, 0) is 0 Å². The number of alkyl halides is 3. The summed E-state index contributed by atoms with van der Waals surface area (Å²) in [4.78, 5) is 4.05. The van der Waals surface area contributed by atoms with Gasteiger partial charge in [-0.15, -0.1) is 13.2 Å². The second-order valence-corrected chi connectivity index (χ2v) is 5.64. The van der Waals surface area contributed by atoms with Crippen molar-refractivity contribution in [3.8, 4) is 17.4 Å². The van der Waals surface area contributed by atoms with Gasteiger partial charge >= 0.3 is 6.36 Å². The van der Waals surface area contributed by atoms with Crippen molar-refractivity contribution < 1.29 is 22.6 Å². The predicted octanol–water partition coefficient (Wildman–Crippen LogP) is 5.61. The van der Waals surface area contributed by atoms with E-state index < -0.39 is 6.36 Å². The Morgan fingerprint density at radius 1 is 1.14 bits per heavy atom.